The topological polar surface area (TPSA) is 238 Å². The number of likely N-dealkylation sites (tertiary alicyclic amines) is 1. The molecule has 0 spiro atoms. The lowest BCUT2D eigenvalue weighted by atomic mass is 9.96. The van der Waals surface area contributed by atoms with Crippen molar-refractivity contribution in [3.63, 3.8) is 0 Å². The second-order valence-electron chi connectivity index (χ2n) is 6.58. The molecule has 1 fully saturated rings. The first-order valence-corrected chi connectivity index (χ1v) is 8.52. The molecule has 1 aromatic heterocycles. The first-order valence-electron chi connectivity index (χ1n) is 8.52. The van der Waals surface area contributed by atoms with Gasteiger partial charge >= 0.3 is 17.9 Å². The van der Waals surface area contributed by atoms with Gasteiger partial charge in [-0.3, -0.25) is 9.59 Å². The van der Waals surface area contributed by atoms with E-state index in [2.05, 4.69) is 32.2 Å². The van der Waals surface area contributed by atoms with Crippen LogP contribution >= 0.6 is 0 Å². The van der Waals surface area contributed by atoms with E-state index in [1.807, 2.05) is 0 Å². The molecule has 0 saturated carbocycles. The fourth-order valence-electron chi connectivity index (χ4n) is 2.52. The number of hydrogen-bond donors (Lipinski definition) is 7. The minimum atomic E-state index is -2.74. The number of nitrogens with two attached hydrogens (primary N) is 2. The van der Waals surface area contributed by atoms with Gasteiger partial charge in [0.25, 0.3) is 0 Å². The number of nitrogen functional groups attached to an aromatic ring is 2. The van der Waals surface area contributed by atoms with E-state index in [0.29, 0.717) is 12.0 Å². The van der Waals surface area contributed by atoms with E-state index in [9.17, 15) is 14.4 Å². The van der Waals surface area contributed by atoms with E-state index < -0.39 is 36.4 Å². The molecule has 14 nitrogen and oxygen atoms in total. The SMILES string of the molecule is CN1CCC(Nc2nc(N)nc(N)n2)CC1.O=C(O)CC(O)(CC(=O)O)C(=O)O. The molecular formula is C15H25N7O7. The van der Waals surface area contributed by atoms with Crippen molar-refractivity contribution in [1.82, 2.24) is 19.9 Å². The summed E-state index contributed by atoms with van der Waals surface area (Å²) in [7, 11) is 2.12. The van der Waals surface area contributed by atoms with Crippen molar-refractivity contribution < 1.29 is 34.8 Å². The first kappa shape index (κ1) is 23.8. The van der Waals surface area contributed by atoms with Gasteiger partial charge < -0.3 is 42.1 Å². The smallest absolute Gasteiger partial charge is 0.336 e. The summed E-state index contributed by atoms with van der Waals surface area (Å²) in [6.07, 6.45) is -0.146. The number of piperidine rings is 1. The van der Waals surface area contributed by atoms with Crippen molar-refractivity contribution in [2.24, 2.45) is 0 Å². The van der Waals surface area contributed by atoms with Crippen LogP contribution in [-0.4, -0.2) is 90.0 Å². The van der Waals surface area contributed by atoms with Gasteiger partial charge in [0.15, 0.2) is 5.60 Å². The van der Waals surface area contributed by atoms with Crippen LogP contribution in [-0.2, 0) is 14.4 Å². The normalized spacial score (nSPS) is 15.1. The van der Waals surface area contributed by atoms with Gasteiger partial charge in [-0.25, -0.2) is 4.79 Å². The number of anilines is 3. The maximum absolute atomic E-state index is 10.3. The van der Waals surface area contributed by atoms with Crippen molar-refractivity contribution in [2.45, 2.75) is 37.3 Å². The molecule has 9 N–H and O–H groups in total. The van der Waals surface area contributed by atoms with Crippen LogP contribution in [0.1, 0.15) is 25.7 Å². The van der Waals surface area contributed by atoms with Crippen LogP contribution in [0.2, 0.25) is 0 Å². The number of nitrogens with zero attached hydrogens (tertiary/aromatic N) is 4. The van der Waals surface area contributed by atoms with Crippen molar-refractivity contribution in [3.8, 4) is 0 Å². The van der Waals surface area contributed by atoms with Crippen LogP contribution < -0.4 is 16.8 Å². The number of carboxylic acid groups (broad SMARTS) is 3. The lowest BCUT2D eigenvalue weighted by Gasteiger charge is -2.29. The molecule has 0 bridgehead atoms. The highest BCUT2D eigenvalue weighted by molar-refractivity contribution is 5.88. The Bertz CT molecular complexity index is 701. The van der Waals surface area contributed by atoms with Crippen LogP contribution in [0.5, 0.6) is 0 Å². The van der Waals surface area contributed by atoms with Gasteiger partial charge in [0, 0.05) is 6.04 Å². The molecule has 1 aliphatic rings. The summed E-state index contributed by atoms with van der Waals surface area (Å²) in [6, 6.07) is 0.386. The molecule has 0 atom stereocenters. The molecule has 29 heavy (non-hydrogen) atoms. The monoisotopic (exact) mass is 415 g/mol. The van der Waals surface area contributed by atoms with Gasteiger partial charge in [-0.1, -0.05) is 0 Å². The van der Waals surface area contributed by atoms with Crippen LogP contribution in [0, 0.1) is 0 Å². The van der Waals surface area contributed by atoms with Crippen molar-refractivity contribution >= 4 is 35.8 Å². The quantitative estimate of drug-likeness (QED) is 0.262. The van der Waals surface area contributed by atoms with Crippen LogP contribution in [0.4, 0.5) is 17.8 Å². The minimum absolute atomic E-state index is 0.155. The summed E-state index contributed by atoms with van der Waals surface area (Å²) < 4.78 is 0. The Labute approximate surface area is 165 Å². The maximum atomic E-state index is 10.3. The van der Waals surface area contributed by atoms with E-state index in [1.54, 1.807) is 0 Å². The fourth-order valence-corrected chi connectivity index (χ4v) is 2.52. The Hall–Kier alpha value is -3.26. The third-order valence-corrected chi connectivity index (χ3v) is 4.01. The van der Waals surface area contributed by atoms with Crippen LogP contribution in [0.15, 0.2) is 0 Å². The Morgan fingerprint density at radius 1 is 1.03 bits per heavy atom. The summed E-state index contributed by atoms with van der Waals surface area (Å²) >= 11 is 0. The average molecular weight is 415 g/mol. The third kappa shape index (κ3) is 8.52. The minimum Gasteiger partial charge on any atom is -0.481 e. The maximum Gasteiger partial charge on any atom is 0.336 e. The Kier molecular flexibility index (Phi) is 8.47. The number of aromatic nitrogens is 3. The molecule has 0 amide bonds. The molecule has 162 valence electrons. The number of hydrogen-bond acceptors (Lipinski definition) is 11. The zero-order chi connectivity index (χ0) is 22.2. The van der Waals surface area contributed by atoms with E-state index in [-0.39, 0.29) is 11.9 Å². The zero-order valence-electron chi connectivity index (χ0n) is 15.8. The lowest BCUT2D eigenvalue weighted by Crippen LogP contribution is -2.42. The van der Waals surface area contributed by atoms with Gasteiger partial charge in [-0.15, -0.1) is 0 Å². The van der Waals surface area contributed by atoms with E-state index in [1.165, 1.54) is 0 Å². The Morgan fingerprint density at radius 2 is 1.48 bits per heavy atom. The molecule has 14 heteroatoms. The number of carbonyl (C=O) groups is 3. The van der Waals surface area contributed by atoms with E-state index in [4.69, 9.17) is 31.9 Å². The summed E-state index contributed by atoms with van der Waals surface area (Å²) in [6.45, 7) is 2.15. The van der Waals surface area contributed by atoms with E-state index >= 15 is 0 Å². The Balaban J connectivity index is 0.000000298. The highest BCUT2D eigenvalue weighted by atomic mass is 16.4. The number of nitrogens with one attached hydrogen (secondary N) is 1. The Morgan fingerprint density at radius 3 is 1.86 bits per heavy atom. The molecular weight excluding hydrogens is 390 g/mol. The van der Waals surface area contributed by atoms with Crippen LogP contribution in [0.25, 0.3) is 0 Å². The third-order valence-electron chi connectivity index (χ3n) is 4.01. The summed E-state index contributed by atoms with van der Waals surface area (Å²) in [5.41, 5.74) is 8.25. The van der Waals surface area contributed by atoms with Crippen LogP contribution in [0.3, 0.4) is 0 Å². The molecule has 0 aromatic carbocycles. The average Bonchev–Trinajstić information content (AvgIpc) is 2.55. The second kappa shape index (κ2) is 10.3. The summed E-state index contributed by atoms with van der Waals surface area (Å²) in [5.74, 6) is -4.24. The number of aliphatic carboxylic acids is 3. The largest absolute Gasteiger partial charge is 0.481 e. The molecule has 0 aliphatic carbocycles. The van der Waals surface area contributed by atoms with Gasteiger partial charge in [-0.05, 0) is 33.0 Å². The van der Waals surface area contributed by atoms with Gasteiger partial charge in [0.2, 0.25) is 17.8 Å². The molecule has 1 saturated heterocycles. The molecule has 0 unspecified atom stereocenters. The highest BCUT2D eigenvalue weighted by Gasteiger charge is 2.40. The van der Waals surface area contributed by atoms with Gasteiger partial charge in [0.1, 0.15) is 0 Å². The van der Waals surface area contributed by atoms with E-state index in [0.717, 1.165) is 25.9 Å². The molecule has 0 radical (unpaired) electrons. The number of aliphatic hydroxyl groups is 1. The van der Waals surface area contributed by atoms with Gasteiger partial charge in [-0.2, -0.15) is 15.0 Å². The zero-order valence-corrected chi connectivity index (χ0v) is 15.8. The highest BCUT2D eigenvalue weighted by Crippen LogP contribution is 2.16. The summed E-state index contributed by atoms with van der Waals surface area (Å²) in [5, 5.41) is 37.0. The predicted molar refractivity (Wildman–Crippen MR) is 99.9 cm³/mol. The fraction of sp³-hybridized carbons (Fsp3) is 0.600. The van der Waals surface area contributed by atoms with Crippen molar-refractivity contribution in [2.75, 3.05) is 36.9 Å². The van der Waals surface area contributed by atoms with Gasteiger partial charge in [0.05, 0.1) is 12.8 Å². The molecule has 2 heterocycles. The number of rotatable bonds is 7. The molecule has 1 aliphatic heterocycles. The second-order valence-corrected chi connectivity index (χ2v) is 6.58. The lowest BCUT2D eigenvalue weighted by molar-refractivity contribution is -0.170. The number of carboxylic acids is 3. The predicted octanol–water partition coefficient (Wildman–Crippen LogP) is -1.71. The first-order chi connectivity index (χ1) is 13.4. The van der Waals surface area contributed by atoms with Crippen molar-refractivity contribution in [1.29, 1.82) is 0 Å². The van der Waals surface area contributed by atoms with Crippen molar-refractivity contribution in [3.05, 3.63) is 0 Å². The molecule has 2 rings (SSSR count). The molecule has 1 aromatic rings. The summed E-state index contributed by atoms with van der Waals surface area (Å²) in [4.78, 5) is 44.5. The standard InChI is InChI=1S/C9H17N7.C6H8O7/c1-16-4-2-6(3-5-16)12-9-14-7(10)13-8(11)15-9;7-3(8)1-6(13,5(11)12)2-4(9)10/h6H,2-5H2,1H3,(H5,10,11,12,13,14,15);13H,1-2H2,(H,7,8)(H,9,10)(H,11,12).